The van der Waals surface area contributed by atoms with Crippen molar-refractivity contribution in [3.63, 3.8) is 0 Å². The molecular weight excluding hydrogens is 286 g/mol. The van der Waals surface area contributed by atoms with E-state index in [1.54, 1.807) is 0 Å². The summed E-state index contributed by atoms with van der Waals surface area (Å²) in [5, 5.41) is 16.2. The lowest BCUT2D eigenvalue weighted by Gasteiger charge is -2.28. The molecule has 5 heteroatoms. The molecule has 1 aliphatic heterocycles. The second kappa shape index (κ2) is 6.67. The summed E-state index contributed by atoms with van der Waals surface area (Å²) in [6, 6.07) is 0.541. The molecular formula is C16H28ClN3O. The fourth-order valence-electron chi connectivity index (χ4n) is 3.22. The lowest BCUT2D eigenvalue weighted by atomic mass is 9.89. The average molecular weight is 314 g/mol. The highest BCUT2D eigenvalue weighted by Gasteiger charge is 2.33. The minimum Gasteiger partial charge on any atom is -0.389 e. The Labute approximate surface area is 133 Å². The molecule has 1 fully saturated rings. The van der Waals surface area contributed by atoms with Crippen LogP contribution < -0.4 is 0 Å². The first kappa shape index (κ1) is 16.8. The Morgan fingerprint density at radius 2 is 2.05 bits per heavy atom. The second-order valence-corrected chi connectivity index (χ2v) is 6.95. The molecule has 0 radical (unpaired) electrons. The smallest absolute Gasteiger partial charge is 0.0850 e. The summed E-state index contributed by atoms with van der Waals surface area (Å²) < 4.78 is 1.84. The van der Waals surface area contributed by atoms with Gasteiger partial charge in [0.15, 0.2) is 0 Å². The van der Waals surface area contributed by atoms with Gasteiger partial charge >= 0.3 is 0 Å². The molecule has 1 saturated heterocycles. The zero-order valence-electron chi connectivity index (χ0n) is 13.7. The third-order valence-electron chi connectivity index (χ3n) is 4.68. The molecule has 0 aromatic carbocycles. The Morgan fingerprint density at radius 3 is 2.62 bits per heavy atom. The van der Waals surface area contributed by atoms with Gasteiger partial charge in [0, 0.05) is 26.1 Å². The van der Waals surface area contributed by atoms with Crippen molar-refractivity contribution in [2.75, 3.05) is 13.1 Å². The molecule has 0 aliphatic carbocycles. The van der Waals surface area contributed by atoms with Crippen molar-refractivity contribution in [3.05, 3.63) is 16.4 Å². The highest BCUT2D eigenvalue weighted by Crippen LogP contribution is 2.31. The molecule has 2 heterocycles. The van der Waals surface area contributed by atoms with Gasteiger partial charge in [0.05, 0.1) is 22.0 Å². The highest BCUT2D eigenvalue weighted by molar-refractivity contribution is 6.31. The van der Waals surface area contributed by atoms with Crippen molar-refractivity contribution >= 4 is 11.6 Å². The number of hydrogen-bond donors (Lipinski definition) is 1. The SMILES string of the molecule is CCc1nn(C)c(CC2(O)CCCN(C(C)C)CC2)c1Cl. The third kappa shape index (κ3) is 3.79. The van der Waals surface area contributed by atoms with Crippen LogP contribution >= 0.6 is 11.6 Å². The number of hydrogen-bond acceptors (Lipinski definition) is 3. The maximum Gasteiger partial charge on any atom is 0.0850 e. The number of aliphatic hydroxyl groups is 1. The summed E-state index contributed by atoms with van der Waals surface area (Å²) in [5.41, 5.74) is 1.23. The molecule has 1 unspecified atom stereocenters. The average Bonchev–Trinajstić information content (AvgIpc) is 2.61. The van der Waals surface area contributed by atoms with Crippen LogP contribution in [0.15, 0.2) is 0 Å². The molecule has 21 heavy (non-hydrogen) atoms. The maximum absolute atomic E-state index is 11.0. The Kier molecular flexibility index (Phi) is 5.33. The molecule has 1 aliphatic rings. The third-order valence-corrected chi connectivity index (χ3v) is 5.12. The van der Waals surface area contributed by atoms with E-state index < -0.39 is 5.60 Å². The summed E-state index contributed by atoms with van der Waals surface area (Å²) in [5.74, 6) is 0. The molecule has 0 saturated carbocycles. The topological polar surface area (TPSA) is 41.3 Å². The van der Waals surface area contributed by atoms with Crippen LogP contribution in [0.4, 0.5) is 0 Å². The first-order chi connectivity index (χ1) is 9.86. The van der Waals surface area contributed by atoms with Gasteiger partial charge in [-0.25, -0.2) is 0 Å². The first-order valence-electron chi connectivity index (χ1n) is 8.03. The van der Waals surface area contributed by atoms with Crippen LogP contribution in [-0.4, -0.2) is 44.5 Å². The Hall–Kier alpha value is -0.580. The van der Waals surface area contributed by atoms with Crippen molar-refractivity contribution in [2.45, 2.75) is 64.5 Å². The zero-order chi connectivity index (χ0) is 15.6. The van der Waals surface area contributed by atoms with E-state index in [2.05, 4.69) is 30.8 Å². The molecule has 0 spiro atoms. The van der Waals surface area contributed by atoms with Gasteiger partial charge < -0.3 is 10.0 Å². The number of likely N-dealkylation sites (tertiary alicyclic amines) is 1. The van der Waals surface area contributed by atoms with E-state index in [1.807, 2.05) is 11.7 Å². The first-order valence-corrected chi connectivity index (χ1v) is 8.41. The summed E-state index contributed by atoms with van der Waals surface area (Å²) >= 11 is 6.43. The molecule has 0 amide bonds. The zero-order valence-corrected chi connectivity index (χ0v) is 14.4. The molecule has 1 aromatic heterocycles. The normalized spacial score (nSPS) is 24.5. The van der Waals surface area contributed by atoms with Crippen molar-refractivity contribution < 1.29 is 5.11 Å². The van der Waals surface area contributed by atoms with E-state index in [-0.39, 0.29) is 0 Å². The number of rotatable bonds is 4. The minimum absolute atomic E-state index is 0.541. The van der Waals surface area contributed by atoms with E-state index in [9.17, 15) is 5.11 Å². The van der Waals surface area contributed by atoms with E-state index in [1.165, 1.54) is 0 Å². The van der Waals surface area contributed by atoms with Crippen LogP contribution in [0.25, 0.3) is 0 Å². The number of nitrogens with zero attached hydrogens (tertiary/aromatic N) is 3. The fraction of sp³-hybridized carbons (Fsp3) is 0.812. The Bertz CT molecular complexity index is 486. The predicted octanol–water partition coefficient (Wildman–Crippen LogP) is 2.80. The van der Waals surface area contributed by atoms with Crippen molar-refractivity contribution in [2.24, 2.45) is 7.05 Å². The lowest BCUT2D eigenvalue weighted by molar-refractivity contribution is 0.0232. The van der Waals surface area contributed by atoms with Gasteiger partial charge in [-0.3, -0.25) is 4.68 Å². The van der Waals surface area contributed by atoms with Gasteiger partial charge in [0.25, 0.3) is 0 Å². The highest BCUT2D eigenvalue weighted by atomic mass is 35.5. The maximum atomic E-state index is 11.0. The minimum atomic E-state index is -0.661. The monoisotopic (exact) mass is 313 g/mol. The molecule has 1 aromatic rings. The number of halogens is 1. The van der Waals surface area contributed by atoms with Crippen LogP contribution in [0.1, 0.15) is 51.4 Å². The Morgan fingerprint density at radius 1 is 1.33 bits per heavy atom. The van der Waals surface area contributed by atoms with Gasteiger partial charge in [-0.05, 0) is 46.1 Å². The van der Waals surface area contributed by atoms with Crippen molar-refractivity contribution in [1.82, 2.24) is 14.7 Å². The van der Waals surface area contributed by atoms with Crippen LogP contribution in [-0.2, 0) is 19.9 Å². The predicted molar refractivity (Wildman–Crippen MR) is 86.8 cm³/mol. The van der Waals surface area contributed by atoms with Gasteiger partial charge in [0.1, 0.15) is 0 Å². The van der Waals surface area contributed by atoms with Gasteiger partial charge in [0.2, 0.25) is 0 Å². The largest absolute Gasteiger partial charge is 0.389 e. The van der Waals surface area contributed by atoms with Gasteiger partial charge in [-0.15, -0.1) is 0 Å². The van der Waals surface area contributed by atoms with Crippen molar-refractivity contribution in [3.8, 4) is 0 Å². The summed E-state index contributed by atoms with van der Waals surface area (Å²) in [4.78, 5) is 2.44. The number of aromatic nitrogens is 2. The van der Waals surface area contributed by atoms with E-state index in [0.717, 1.165) is 55.2 Å². The van der Waals surface area contributed by atoms with Gasteiger partial charge in [-0.2, -0.15) is 5.10 Å². The quantitative estimate of drug-likeness (QED) is 0.929. The molecule has 4 nitrogen and oxygen atoms in total. The number of aryl methyl sites for hydroxylation is 2. The molecule has 2 rings (SSSR count). The van der Waals surface area contributed by atoms with E-state index >= 15 is 0 Å². The van der Waals surface area contributed by atoms with Crippen LogP contribution in [0.2, 0.25) is 5.02 Å². The summed E-state index contributed by atoms with van der Waals surface area (Å²) in [6.07, 6.45) is 4.09. The van der Waals surface area contributed by atoms with Crippen LogP contribution in [0.3, 0.4) is 0 Å². The molecule has 1 atom stereocenters. The summed E-state index contributed by atoms with van der Waals surface area (Å²) in [7, 11) is 1.92. The Balaban J connectivity index is 2.13. The summed E-state index contributed by atoms with van der Waals surface area (Å²) in [6.45, 7) is 8.51. The molecule has 1 N–H and O–H groups in total. The van der Waals surface area contributed by atoms with Crippen LogP contribution in [0.5, 0.6) is 0 Å². The standard InChI is InChI=1S/C16H28ClN3O/c1-5-13-15(17)14(19(4)18-13)11-16(21)7-6-9-20(10-8-16)12(2)3/h12,21H,5-11H2,1-4H3. The molecule has 120 valence electrons. The van der Waals surface area contributed by atoms with Crippen LogP contribution in [0, 0.1) is 0 Å². The van der Waals surface area contributed by atoms with E-state index in [4.69, 9.17) is 11.6 Å². The fourth-order valence-corrected chi connectivity index (χ4v) is 3.58. The van der Waals surface area contributed by atoms with Crippen molar-refractivity contribution in [1.29, 1.82) is 0 Å². The van der Waals surface area contributed by atoms with Gasteiger partial charge in [-0.1, -0.05) is 18.5 Å². The lowest BCUT2D eigenvalue weighted by Crippen LogP contribution is -2.36. The molecule has 0 bridgehead atoms. The second-order valence-electron chi connectivity index (χ2n) is 6.57. The van der Waals surface area contributed by atoms with E-state index in [0.29, 0.717) is 12.5 Å².